The van der Waals surface area contributed by atoms with E-state index in [9.17, 15) is 0 Å². The van der Waals surface area contributed by atoms with Gasteiger partial charge in [-0.15, -0.1) is 10.2 Å². The van der Waals surface area contributed by atoms with Crippen LogP contribution in [0.4, 0.5) is 0 Å². The molecule has 0 aliphatic carbocycles. The van der Waals surface area contributed by atoms with Gasteiger partial charge in [-0.05, 0) is 36.8 Å². The molecule has 0 spiro atoms. The van der Waals surface area contributed by atoms with Crippen LogP contribution in [-0.2, 0) is 11.3 Å². The lowest BCUT2D eigenvalue weighted by atomic mass is 10.2. The quantitative estimate of drug-likeness (QED) is 0.645. The molecule has 6 heteroatoms. The lowest BCUT2D eigenvalue weighted by molar-refractivity contribution is 0.146. The third-order valence-electron chi connectivity index (χ3n) is 3.79. The minimum Gasteiger partial charge on any atom is -0.491 e. The summed E-state index contributed by atoms with van der Waals surface area (Å²) in [6.07, 6.45) is 1.98. The highest BCUT2D eigenvalue weighted by atomic mass is 16.5. The van der Waals surface area contributed by atoms with E-state index in [1.165, 1.54) is 0 Å². The second-order valence-electron chi connectivity index (χ2n) is 5.58. The van der Waals surface area contributed by atoms with Crippen LogP contribution in [0.1, 0.15) is 24.4 Å². The van der Waals surface area contributed by atoms with Crippen molar-refractivity contribution in [3.63, 3.8) is 0 Å². The molecule has 0 aliphatic heterocycles. The van der Waals surface area contributed by atoms with Crippen molar-refractivity contribution in [3.05, 3.63) is 60.0 Å². The third-order valence-corrected chi connectivity index (χ3v) is 3.79. The Kier molecular flexibility index (Phi) is 5.40. The number of fused-ring (bicyclic) bond motifs is 1. The summed E-state index contributed by atoms with van der Waals surface area (Å²) in [5.74, 6) is 1.75. The molecule has 0 radical (unpaired) electrons. The summed E-state index contributed by atoms with van der Waals surface area (Å²) in [5, 5.41) is 12.0. The van der Waals surface area contributed by atoms with Crippen LogP contribution in [0.15, 0.2) is 48.7 Å². The summed E-state index contributed by atoms with van der Waals surface area (Å²) in [7, 11) is 1.67. The van der Waals surface area contributed by atoms with Crippen molar-refractivity contribution >= 4 is 5.65 Å². The average Bonchev–Trinajstić information content (AvgIpc) is 3.04. The summed E-state index contributed by atoms with van der Waals surface area (Å²) >= 11 is 0. The minimum absolute atomic E-state index is 0.0838. The Morgan fingerprint density at radius 1 is 1.12 bits per heavy atom. The molecule has 1 aromatic carbocycles. The molecule has 0 saturated carbocycles. The van der Waals surface area contributed by atoms with Crippen LogP contribution in [0.3, 0.4) is 0 Å². The van der Waals surface area contributed by atoms with Crippen LogP contribution < -0.4 is 10.1 Å². The number of benzene rings is 1. The highest BCUT2D eigenvalue weighted by Gasteiger charge is 2.12. The Balaban J connectivity index is 1.62. The van der Waals surface area contributed by atoms with Gasteiger partial charge >= 0.3 is 0 Å². The van der Waals surface area contributed by atoms with Gasteiger partial charge in [0.05, 0.1) is 12.6 Å². The highest BCUT2D eigenvalue weighted by molar-refractivity contribution is 5.37. The monoisotopic (exact) mass is 326 g/mol. The molecule has 1 unspecified atom stereocenters. The molecule has 126 valence electrons. The number of ether oxygens (including phenoxy) is 2. The van der Waals surface area contributed by atoms with Gasteiger partial charge in [0.1, 0.15) is 12.4 Å². The van der Waals surface area contributed by atoms with E-state index in [1.807, 2.05) is 47.0 Å². The number of hydrogen-bond donors (Lipinski definition) is 1. The van der Waals surface area contributed by atoms with E-state index in [0.717, 1.165) is 29.3 Å². The van der Waals surface area contributed by atoms with E-state index in [-0.39, 0.29) is 6.04 Å². The maximum absolute atomic E-state index is 5.64. The number of nitrogens with zero attached hydrogens (tertiary/aromatic N) is 3. The lowest BCUT2D eigenvalue weighted by Crippen LogP contribution is -2.20. The number of aromatic nitrogens is 3. The van der Waals surface area contributed by atoms with Gasteiger partial charge in [-0.25, -0.2) is 0 Å². The molecule has 0 fully saturated rings. The SMILES string of the molecule is COCCOc1cccc(CNC(C)c2nnc3ccccn23)c1. The minimum atomic E-state index is 0.0838. The largest absolute Gasteiger partial charge is 0.491 e. The predicted octanol–water partition coefficient (Wildman–Crippen LogP) is 2.61. The molecule has 1 atom stereocenters. The number of rotatable bonds is 8. The zero-order chi connectivity index (χ0) is 16.8. The van der Waals surface area contributed by atoms with E-state index in [2.05, 4.69) is 28.5 Å². The van der Waals surface area contributed by atoms with Crippen molar-refractivity contribution < 1.29 is 9.47 Å². The van der Waals surface area contributed by atoms with Crippen LogP contribution in [-0.4, -0.2) is 34.9 Å². The average molecular weight is 326 g/mol. The van der Waals surface area contributed by atoms with Gasteiger partial charge in [0.15, 0.2) is 11.5 Å². The molecule has 2 aromatic heterocycles. The van der Waals surface area contributed by atoms with Crippen LogP contribution in [0, 0.1) is 0 Å². The number of pyridine rings is 1. The van der Waals surface area contributed by atoms with E-state index in [4.69, 9.17) is 9.47 Å². The van der Waals surface area contributed by atoms with E-state index >= 15 is 0 Å². The summed E-state index contributed by atoms with van der Waals surface area (Å²) in [4.78, 5) is 0. The molecule has 3 rings (SSSR count). The lowest BCUT2D eigenvalue weighted by Gasteiger charge is -2.13. The van der Waals surface area contributed by atoms with Crippen LogP contribution in [0.5, 0.6) is 5.75 Å². The Morgan fingerprint density at radius 3 is 2.92 bits per heavy atom. The Hall–Kier alpha value is -2.44. The first-order valence-electron chi connectivity index (χ1n) is 8.01. The predicted molar refractivity (Wildman–Crippen MR) is 92.1 cm³/mol. The number of methoxy groups -OCH3 is 1. The van der Waals surface area contributed by atoms with E-state index in [0.29, 0.717) is 13.2 Å². The summed E-state index contributed by atoms with van der Waals surface area (Å²) in [6, 6.07) is 14.0. The Bertz CT molecular complexity index is 787. The standard InChI is InChI=1S/C18H22N4O2/c1-14(18-21-20-17-8-3-4-9-22(17)18)19-13-15-6-5-7-16(12-15)24-11-10-23-2/h3-9,12,14,19H,10-11,13H2,1-2H3. The molecule has 0 saturated heterocycles. The molecule has 0 amide bonds. The zero-order valence-corrected chi connectivity index (χ0v) is 14.0. The van der Waals surface area contributed by atoms with Gasteiger partial charge in [0, 0.05) is 19.9 Å². The molecular formula is C18H22N4O2. The number of hydrogen-bond acceptors (Lipinski definition) is 5. The fourth-order valence-corrected chi connectivity index (χ4v) is 2.51. The Morgan fingerprint density at radius 2 is 2.04 bits per heavy atom. The fourth-order valence-electron chi connectivity index (χ4n) is 2.51. The van der Waals surface area contributed by atoms with Gasteiger partial charge in [-0.3, -0.25) is 4.40 Å². The molecule has 6 nitrogen and oxygen atoms in total. The first-order chi connectivity index (χ1) is 11.8. The zero-order valence-electron chi connectivity index (χ0n) is 14.0. The molecule has 3 aromatic rings. The summed E-state index contributed by atoms with van der Waals surface area (Å²) < 4.78 is 12.6. The van der Waals surface area contributed by atoms with Gasteiger partial charge in [0.25, 0.3) is 0 Å². The van der Waals surface area contributed by atoms with Crippen molar-refractivity contribution in [1.82, 2.24) is 19.9 Å². The maximum atomic E-state index is 5.64. The third kappa shape index (κ3) is 3.90. The molecule has 0 bridgehead atoms. The van der Waals surface area contributed by atoms with Crippen molar-refractivity contribution in [2.45, 2.75) is 19.5 Å². The van der Waals surface area contributed by atoms with Crippen molar-refractivity contribution in [3.8, 4) is 5.75 Å². The Labute approximate surface area is 141 Å². The second kappa shape index (κ2) is 7.90. The molecular weight excluding hydrogens is 304 g/mol. The maximum Gasteiger partial charge on any atom is 0.160 e. The van der Waals surface area contributed by atoms with E-state index < -0.39 is 0 Å². The topological polar surface area (TPSA) is 60.7 Å². The van der Waals surface area contributed by atoms with Crippen molar-refractivity contribution in [1.29, 1.82) is 0 Å². The van der Waals surface area contributed by atoms with Crippen molar-refractivity contribution in [2.24, 2.45) is 0 Å². The van der Waals surface area contributed by atoms with Gasteiger partial charge in [-0.1, -0.05) is 18.2 Å². The molecule has 24 heavy (non-hydrogen) atoms. The second-order valence-corrected chi connectivity index (χ2v) is 5.58. The summed E-state index contributed by atoms with van der Waals surface area (Å²) in [6.45, 7) is 3.95. The first-order valence-corrected chi connectivity index (χ1v) is 8.01. The fraction of sp³-hybridized carbons (Fsp3) is 0.333. The molecule has 0 aliphatic rings. The summed E-state index contributed by atoms with van der Waals surface area (Å²) in [5.41, 5.74) is 2.01. The molecule has 2 heterocycles. The normalized spacial score (nSPS) is 12.4. The van der Waals surface area contributed by atoms with Gasteiger partial charge in [-0.2, -0.15) is 0 Å². The highest BCUT2D eigenvalue weighted by Crippen LogP contribution is 2.16. The van der Waals surface area contributed by atoms with Gasteiger partial charge < -0.3 is 14.8 Å². The van der Waals surface area contributed by atoms with Crippen LogP contribution in [0.25, 0.3) is 5.65 Å². The van der Waals surface area contributed by atoms with Crippen molar-refractivity contribution in [2.75, 3.05) is 20.3 Å². The smallest absolute Gasteiger partial charge is 0.160 e. The molecule has 1 N–H and O–H groups in total. The first kappa shape index (κ1) is 16.4. The number of nitrogens with one attached hydrogen (secondary N) is 1. The van der Waals surface area contributed by atoms with Gasteiger partial charge in [0.2, 0.25) is 0 Å². The van der Waals surface area contributed by atoms with Crippen LogP contribution in [0.2, 0.25) is 0 Å². The van der Waals surface area contributed by atoms with Crippen LogP contribution >= 0.6 is 0 Å². The van der Waals surface area contributed by atoms with E-state index in [1.54, 1.807) is 7.11 Å².